The van der Waals surface area contributed by atoms with E-state index < -0.39 is 11.7 Å². The van der Waals surface area contributed by atoms with E-state index in [0.29, 0.717) is 23.0 Å². The number of benzene rings is 2. The quantitative estimate of drug-likeness (QED) is 0.727. The van der Waals surface area contributed by atoms with Crippen LogP contribution in [0.5, 0.6) is 0 Å². The van der Waals surface area contributed by atoms with E-state index in [1.807, 2.05) is 13.8 Å². The molecule has 1 amide bonds. The molecule has 3 aromatic rings. The molecule has 0 fully saturated rings. The molecule has 0 radical (unpaired) electrons. The van der Waals surface area contributed by atoms with Crippen LogP contribution in [0.15, 0.2) is 52.9 Å². The summed E-state index contributed by atoms with van der Waals surface area (Å²) >= 11 is 0. The average molecular weight is 354 g/mol. The number of carbonyl (C=O) groups is 1. The van der Waals surface area contributed by atoms with Gasteiger partial charge in [-0.15, -0.1) is 10.2 Å². The van der Waals surface area contributed by atoms with E-state index in [-0.39, 0.29) is 17.5 Å². The van der Waals surface area contributed by atoms with Gasteiger partial charge in [-0.25, -0.2) is 4.39 Å². The molecule has 0 aliphatic heterocycles. The first kappa shape index (κ1) is 17.8. The standard InChI is InChI=1S/C19H19FN4O2/c1-11(2)16(21)19-24-23-18(26-19)12-6-5-7-13(10-12)22-17(25)14-8-3-4-9-15(14)20/h3-11,16H,21H2,1-2H3,(H,22,25). The minimum absolute atomic E-state index is 0.0270. The largest absolute Gasteiger partial charge is 0.419 e. The van der Waals surface area contributed by atoms with E-state index >= 15 is 0 Å². The summed E-state index contributed by atoms with van der Waals surface area (Å²) < 4.78 is 19.4. The molecule has 6 nitrogen and oxygen atoms in total. The third-order valence-corrected chi connectivity index (χ3v) is 3.93. The minimum atomic E-state index is -0.578. The second-order valence-corrected chi connectivity index (χ2v) is 6.23. The molecule has 2 aromatic carbocycles. The van der Waals surface area contributed by atoms with Crippen molar-refractivity contribution in [2.45, 2.75) is 19.9 Å². The Morgan fingerprint density at radius 1 is 1.15 bits per heavy atom. The lowest BCUT2D eigenvalue weighted by molar-refractivity contribution is 0.102. The molecular formula is C19H19FN4O2. The van der Waals surface area contributed by atoms with Crippen LogP contribution in [0.4, 0.5) is 10.1 Å². The molecule has 0 spiro atoms. The highest BCUT2D eigenvalue weighted by molar-refractivity contribution is 6.04. The molecule has 3 N–H and O–H groups in total. The highest BCUT2D eigenvalue weighted by atomic mass is 19.1. The van der Waals surface area contributed by atoms with Crippen LogP contribution in [-0.4, -0.2) is 16.1 Å². The molecule has 0 aliphatic carbocycles. The number of rotatable bonds is 5. The summed E-state index contributed by atoms with van der Waals surface area (Å²) in [4.78, 5) is 12.2. The third kappa shape index (κ3) is 3.78. The van der Waals surface area contributed by atoms with Gasteiger partial charge in [-0.05, 0) is 36.2 Å². The van der Waals surface area contributed by atoms with Crippen molar-refractivity contribution in [1.29, 1.82) is 0 Å². The van der Waals surface area contributed by atoms with Gasteiger partial charge in [-0.1, -0.05) is 32.0 Å². The number of halogens is 1. The summed E-state index contributed by atoms with van der Waals surface area (Å²) in [6, 6.07) is 12.3. The maximum absolute atomic E-state index is 13.7. The smallest absolute Gasteiger partial charge is 0.258 e. The van der Waals surface area contributed by atoms with E-state index in [1.54, 1.807) is 30.3 Å². The first-order valence-electron chi connectivity index (χ1n) is 8.21. The maximum Gasteiger partial charge on any atom is 0.258 e. The van der Waals surface area contributed by atoms with Crippen molar-refractivity contribution in [3.05, 3.63) is 65.8 Å². The van der Waals surface area contributed by atoms with Crippen molar-refractivity contribution in [1.82, 2.24) is 10.2 Å². The topological polar surface area (TPSA) is 94.0 Å². The molecule has 1 atom stereocenters. The van der Waals surface area contributed by atoms with Crippen LogP contribution in [0.25, 0.3) is 11.5 Å². The van der Waals surface area contributed by atoms with Crippen molar-refractivity contribution in [3.8, 4) is 11.5 Å². The molecule has 26 heavy (non-hydrogen) atoms. The van der Waals surface area contributed by atoms with Crippen molar-refractivity contribution >= 4 is 11.6 Å². The van der Waals surface area contributed by atoms with Crippen LogP contribution in [0.1, 0.15) is 36.1 Å². The molecule has 0 saturated heterocycles. The van der Waals surface area contributed by atoms with E-state index in [0.717, 1.165) is 0 Å². The van der Waals surface area contributed by atoms with Gasteiger partial charge < -0.3 is 15.5 Å². The zero-order chi connectivity index (χ0) is 18.7. The Hall–Kier alpha value is -3.06. The van der Waals surface area contributed by atoms with Crippen LogP contribution in [0.3, 0.4) is 0 Å². The summed E-state index contributed by atoms with van der Waals surface area (Å²) in [6.45, 7) is 3.93. The monoisotopic (exact) mass is 354 g/mol. The van der Waals surface area contributed by atoms with Crippen molar-refractivity contribution in [2.24, 2.45) is 11.7 Å². The first-order chi connectivity index (χ1) is 12.5. The Morgan fingerprint density at radius 3 is 2.65 bits per heavy atom. The predicted molar refractivity (Wildman–Crippen MR) is 95.9 cm³/mol. The van der Waals surface area contributed by atoms with Gasteiger partial charge in [0, 0.05) is 11.3 Å². The molecule has 0 bridgehead atoms. The molecule has 1 aromatic heterocycles. The first-order valence-corrected chi connectivity index (χ1v) is 8.21. The average Bonchev–Trinajstić information content (AvgIpc) is 3.11. The SMILES string of the molecule is CC(C)C(N)c1nnc(-c2cccc(NC(=O)c3ccccc3F)c2)o1. The van der Waals surface area contributed by atoms with Gasteiger partial charge in [0.05, 0.1) is 11.6 Å². The summed E-state index contributed by atoms with van der Waals surface area (Å²) in [5.41, 5.74) is 7.11. The fraction of sp³-hybridized carbons (Fsp3) is 0.211. The summed E-state index contributed by atoms with van der Waals surface area (Å²) in [7, 11) is 0. The Labute approximate surface area is 150 Å². The van der Waals surface area contributed by atoms with Crippen LogP contribution < -0.4 is 11.1 Å². The van der Waals surface area contributed by atoms with E-state index in [4.69, 9.17) is 10.2 Å². The second-order valence-electron chi connectivity index (χ2n) is 6.23. The summed E-state index contributed by atoms with van der Waals surface area (Å²) in [5.74, 6) is -0.290. The predicted octanol–water partition coefficient (Wildman–Crippen LogP) is 3.78. The van der Waals surface area contributed by atoms with Gasteiger partial charge in [-0.2, -0.15) is 0 Å². The number of anilines is 1. The zero-order valence-electron chi connectivity index (χ0n) is 14.4. The summed E-state index contributed by atoms with van der Waals surface area (Å²) in [5, 5.41) is 10.7. The Bertz CT molecular complexity index is 923. The fourth-order valence-corrected chi connectivity index (χ4v) is 2.34. The lowest BCUT2D eigenvalue weighted by Crippen LogP contribution is -2.16. The molecule has 1 unspecified atom stereocenters. The highest BCUT2D eigenvalue weighted by Gasteiger charge is 2.19. The number of hydrogen-bond acceptors (Lipinski definition) is 5. The molecule has 0 aliphatic rings. The van der Waals surface area contributed by atoms with Gasteiger partial charge in [0.1, 0.15) is 5.82 Å². The molecule has 134 valence electrons. The Balaban J connectivity index is 1.81. The Kier molecular flexibility index (Phi) is 5.09. The Morgan fingerprint density at radius 2 is 1.92 bits per heavy atom. The number of aromatic nitrogens is 2. The molecule has 3 rings (SSSR count). The van der Waals surface area contributed by atoms with Crippen molar-refractivity contribution in [3.63, 3.8) is 0 Å². The van der Waals surface area contributed by atoms with Crippen LogP contribution in [0.2, 0.25) is 0 Å². The second kappa shape index (κ2) is 7.45. The van der Waals surface area contributed by atoms with E-state index in [2.05, 4.69) is 15.5 Å². The highest BCUT2D eigenvalue weighted by Crippen LogP contribution is 2.25. The lowest BCUT2D eigenvalue weighted by Gasteiger charge is -2.09. The molecule has 0 saturated carbocycles. The number of amides is 1. The van der Waals surface area contributed by atoms with Crippen LogP contribution in [0, 0.1) is 11.7 Å². The van der Waals surface area contributed by atoms with E-state index in [9.17, 15) is 9.18 Å². The van der Waals surface area contributed by atoms with Gasteiger partial charge >= 0.3 is 0 Å². The van der Waals surface area contributed by atoms with Crippen molar-refractivity contribution < 1.29 is 13.6 Å². The minimum Gasteiger partial charge on any atom is -0.419 e. The van der Waals surface area contributed by atoms with Crippen molar-refractivity contribution in [2.75, 3.05) is 5.32 Å². The van der Waals surface area contributed by atoms with Crippen LogP contribution >= 0.6 is 0 Å². The zero-order valence-corrected chi connectivity index (χ0v) is 14.4. The van der Waals surface area contributed by atoms with Gasteiger partial charge in [-0.3, -0.25) is 4.79 Å². The summed E-state index contributed by atoms with van der Waals surface area (Å²) in [6.07, 6.45) is 0. The van der Waals surface area contributed by atoms with E-state index in [1.165, 1.54) is 18.2 Å². The molecule has 7 heteroatoms. The molecular weight excluding hydrogens is 335 g/mol. The number of nitrogens with one attached hydrogen (secondary N) is 1. The maximum atomic E-state index is 13.7. The van der Waals surface area contributed by atoms with Gasteiger partial charge in [0.2, 0.25) is 11.8 Å². The third-order valence-electron chi connectivity index (χ3n) is 3.93. The van der Waals surface area contributed by atoms with Gasteiger partial charge in [0.25, 0.3) is 5.91 Å². The normalized spacial score (nSPS) is 12.2. The van der Waals surface area contributed by atoms with Crippen LogP contribution in [-0.2, 0) is 0 Å². The fourth-order valence-electron chi connectivity index (χ4n) is 2.34. The number of nitrogens with zero attached hydrogens (tertiary/aromatic N) is 2. The number of carbonyl (C=O) groups excluding carboxylic acids is 1. The lowest BCUT2D eigenvalue weighted by atomic mass is 10.1. The molecule has 1 heterocycles. The number of hydrogen-bond donors (Lipinski definition) is 2. The van der Waals surface area contributed by atoms with Gasteiger partial charge in [0.15, 0.2) is 0 Å². The number of nitrogens with two attached hydrogens (primary N) is 1.